The molecule has 0 aromatic heterocycles. The van der Waals surface area contributed by atoms with Crippen LogP contribution in [0.1, 0.15) is 174 Å². The number of allylic oxidation sites excluding steroid dienone is 6. The predicted octanol–water partition coefficient (Wildman–Crippen LogP) is 10.9. The Bertz CT molecular complexity index is 972. The molecule has 4 N–H and O–H groups in total. The van der Waals surface area contributed by atoms with E-state index in [2.05, 4.69) is 50.3 Å². The molecule has 0 heterocycles. The van der Waals surface area contributed by atoms with Gasteiger partial charge in [0.1, 0.15) is 12.1 Å². The normalized spacial score (nSPS) is 14.4. The van der Waals surface area contributed by atoms with E-state index in [9.17, 15) is 19.0 Å². The van der Waals surface area contributed by atoms with Crippen molar-refractivity contribution in [3.8, 4) is 0 Å². The Balaban J connectivity index is 4.30. The zero-order valence-electron chi connectivity index (χ0n) is 32.9. The van der Waals surface area contributed by atoms with E-state index in [4.69, 9.17) is 29.4 Å². The van der Waals surface area contributed by atoms with Crippen LogP contribution in [0.4, 0.5) is 0 Å². The van der Waals surface area contributed by atoms with E-state index in [-0.39, 0.29) is 13.0 Å². The average Bonchev–Trinajstić information content (AvgIpc) is 3.12. The summed E-state index contributed by atoms with van der Waals surface area (Å²) in [5, 5.41) is 8.88. The number of hydrogen-bond donors (Lipinski definition) is 3. The van der Waals surface area contributed by atoms with Crippen molar-refractivity contribution in [1.82, 2.24) is 0 Å². The van der Waals surface area contributed by atoms with Crippen molar-refractivity contribution in [1.29, 1.82) is 0 Å². The fourth-order valence-corrected chi connectivity index (χ4v) is 6.18. The van der Waals surface area contributed by atoms with Gasteiger partial charge in [0, 0.05) is 13.0 Å². The first-order valence-electron chi connectivity index (χ1n) is 20.5. The zero-order valence-corrected chi connectivity index (χ0v) is 33.8. The summed E-state index contributed by atoms with van der Waals surface area (Å²) in [5.74, 6) is -1.79. The first-order chi connectivity index (χ1) is 25.2. The Morgan fingerprint density at radius 1 is 0.615 bits per heavy atom. The molecular formula is C41H76NO9P. The number of carbonyl (C=O) groups is 2. The third-order valence-electron chi connectivity index (χ3n) is 8.62. The Kier molecular flexibility index (Phi) is 36.2. The van der Waals surface area contributed by atoms with Gasteiger partial charge in [-0.2, -0.15) is 0 Å². The molecule has 0 aromatic carbocycles. The molecule has 0 saturated carbocycles. The monoisotopic (exact) mass is 758 g/mol. The average molecular weight is 758 g/mol. The van der Waals surface area contributed by atoms with Crippen molar-refractivity contribution in [3.05, 3.63) is 36.5 Å². The summed E-state index contributed by atoms with van der Waals surface area (Å²) in [6.45, 7) is 3.78. The molecule has 0 rings (SSSR count). The molecule has 10 nitrogen and oxygen atoms in total. The minimum Gasteiger partial charge on any atom is -0.480 e. The van der Waals surface area contributed by atoms with Crippen LogP contribution in [0.3, 0.4) is 0 Å². The maximum Gasteiger partial charge on any atom is 0.472 e. The van der Waals surface area contributed by atoms with E-state index in [1.54, 1.807) is 0 Å². The van der Waals surface area contributed by atoms with Crippen molar-refractivity contribution in [2.45, 2.75) is 187 Å². The third-order valence-corrected chi connectivity index (χ3v) is 9.57. The molecule has 0 saturated heterocycles. The molecule has 0 radical (unpaired) electrons. The number of rotatable bonds is 39. The minimum atomic E-state index is -4.62. The molecule has 3 atom stereocenters. The summed E-state index contributed by atoms with van der Waals surface area (Å²) in [7, 11) is -4.62. The lowest BCUT2D eigenvalue weighted by Crippen LogP contribution is -2.34. The summed E-state index contributed by atoms with van der Waals surface area (Å²) in [4.78, 5) is 33.5. The van der Waals surface area contributed by atoms with Gasteiger partial charge in [0.15, 0.2) is 0 Å². The van der Waals surface area contributed by atoms with E-state index in [1.807, 2.05) is 0 Å². The molecule has 0 aliphatic heterocycles. The summed E-state index contributed by atoms with van der Waals surface area (Å²) >= 11 is 0. The van der Waals surface area contributed by atoms with E-state index in [1.165, 1.54) is 77.0 Å². The second-order valence-corrected chi connectivity index (χ2v) is 15.2. The van der Waals surface area contributed by atoms with E-state index in [0.717, 1.165) is 70.6 Å². The molecule has 52 heavy (non-hydrogen) atoms. The highest BCUT2D eigenvalue weighted by atomic mass is 31.2. The fourth-order valence-electron chi connectivity index (χ4n) is 5.40. The largest absolute Gasteiger partial charge is 0.480 e. The van der Waals surface area contributed by atoms with Crippen LogP contribution in [0.5, 0.6) is 0 Å². The first-order valence-corrected chi connectivity index (χ1v) is 22.0. The number of unbranched alkanes of at least 4 members (excludes halogenated alkanes) is 19. The van der Waals surface area contributed by atoms with Crippen LogP contribution < -0.4 is 5.73 Å². The standard InChI is InChI=1S/C41H76NO9P/c1-3-5-7-9-11-13-15-17-19-20-21-23-25-27-29-31-33-40(43)51-38(36-49-52(46,47)50-37-39(42)41(44)45)35-48-34-32-30-28-26-24-22-18-16-14-12-10-8-6-4-2/h8,10,14,16,19-20,38-39H,3-7,9,11-13,15,17-18,21-37,42H2,1-2H3,(H,44,45)(H,46,47)/b10-8-,16-14-,20-19-. The molecule has 0 aromatic rings. The third kappa shape index (κ3) is 36.5. The molecule has 0 fully saturated rings. The number of hydrogen-bond acceptors (Lipinski definition) is 8. The van der Waals surface area contributed by atoms with Crippen molar-refractivity contribution in [2.24, 2.45) is 5.73 Å². The predicted molar refractivity (Wildman–Crippen MR) is 212 cm³/mol. The summed E-state index contributed by atoms with van der Waals surface area (Å²) in [5.41, 5.74) is 5.34. The summed E-state index contributed by atoms with van der Waals surface area (Å²) < 4.78 is 33.3. The Morgan fingerprint density at radius 3 is 1.65 bits per heavy atom. The van der Waals surface area contributed by atoms with Gasteiger partial charge < -0.3 is 25.2 Å². The van der Waals surface area contributed by atoms with Crippen LogP contribution in [0.2, 0.25) is 0 Å². The van der Waals surface area contributed by atoms with Crippen LogP contribution in [0.25, 0.3) is 0 Å². The van der Waals surface area contributed by atoms with Gasteiger partial charge >= 0.3 is 19.8 Å². The number of esters is 1. The Hall–Kier alpha value is -1.81. The highest BCUT2D eigenvalue weighted by molar-refractivity contribution is 7.47. The number of phosphoric acid groups is 1. The summed E-state index contributed by atoms with van der Waals surface area (Å²) in [6, 6.07) is -1.48. The van der Waals surface area contributed by atoms with E-state index >= 15 is 0 Å². The number of aliphatic carboxylic acids is 1. The number of phosphoric ester groups is 1. The Morgan fingerprint density at radius 2 is 1.10 bits per heavy atom. The highest BCUT2D eigenvalue weighted by Crippen LogP contribution is 2.43. The van der Waals surface area contributed by atoms with Crippen molar-refractivity contribution in [3.63, 3.8) is 0 Å². The minimum absolute atomic E-state index is 0.00677. The molecule has 3 unspecified atom stereocenters. The van der Waals surface area contributed by atoms with Crippen molar-refractivity contribution >= 4 is 19.8 Å². The number of nitrogens with two attached hydrogens (primary N) is 1. The molecule has 0 bridgehead atoms. The first kappa shape index (κ1) is 50.2. The fraction of sp³-hybridized carbons (Fsp3) is 0.805. The van der Waals surface area contributed by atoms with Crippen LogP contribution in [0, 0.1) is 0 Å². The van der Waals surface area contributed by atoms with Gasteiger partial charge in [-0.05, 0) is 64.2 Å². The molecule has 0 aliphatic rings. The van der Waals surface area contributed by atoms with Gasteiger partial charge in [0.2, 0.25) is 0 Å². The second kappa shape index (κ2) is 37.5. The van der Waals surface area contributed by atoms with E-state index < -0.39 is 45.1 Å². The molecule has 0 aliphatic carbocycles. The lowest BCUT2D eigenvalue weighted by Gasteiger charge is -2.20. The smallest absolute Gasteiger partial charge is 0.472 e. The summed E-state index contributed by atoms with van der Waals surface area (Å²) in [6.07, 6.45) is 40.5. The van der Waals surface area contributed by atoms with Crippen LogP contribution in [-0.2, 0) is 32.7 Å². The number of ether oxygens (including phenoxy) is 2. The zero-order chi connectivity index (χ0) is 38.4. The van der Waals surface area contributed by atoms with Gasteiger partial charge in [-0.25, -0.2) is 4.57 Å². The molecule has 0 amide bonds. The lowest BCUT2D eigenvalue weighted by atomic mass is 10.1. The van der Waals surface area contributed by atoms with Crippen molar-refractivity contribution < 1.29 is 42.7 Å². The SMILES string of the molecule is CCC/C=C\C/C=C\CCCCCCCCOCC(COP(=O)(O)OCC(N)C(=O)O)OC(=O)CCCCCCC/C=C\CCCCCCCCC. The maximum atomic E-state index is 12.6. The van der Waals surface area contributed by atoms with Crippen molar-refractivity contribution in [2.75, 3.05) is 26.4 Å². The maximum absolute atomic E-state index is 12.6. The van der Waals surface area contributed by atoms with Crippen LogP contribution >= 0.6 is 7.82 Å². The van der Waals surface area contributed by atoms with Gasteiger partial charge in [-0.1, -0.05) is 140 Å². The molecule has 0 spiro atoms. The lowest BCUT2D eigenvalue weighted by molar-refractivity contribution is -0.154. The van der Waals surface area contributed by atoms with Crippen LogP contribution in [-0.4, -0.2) is 60.5 Å². The quantitative estimate of drug-likeness (QED) is 0.0239. The molecular weight excluding hydrogens is 681 g/mol. The number of carboxylic acid groups (broad SMARTS) is 1. The van der Waals surface area contributed by atoms with Gasteiger partial charge in [0.25, 0.3) is 0 Å². The van der Waals surface area contributed by atoms with Crippen LogP contribution in [0.15, 0.2) is 36.5 Å². The molecule has 11 heteroatoms. The second-order valence-electron chi connectivity index (χ2n) is 13.8. The highest BCUT2D eigenvalue weighted by Gasteiger charge is 2.27. The topological polar surface area (TPSA) is 155 Å². The van der Waals surface area contributed by atoms with Gasteiger partial charge in [-0.3, -0.25) is 18.6 Å². The molecule has 304 valence electrons. The Labute approximate surface area is 317 Å². The number of carboxylic acids is 1. The number of carbonyl (C=O) groups excluding carboxylic acids is 1. The van der Waals surface area contributed by atoms with Gasteiger partial charge in [0.05, 0.1) is 19.8 Å². The van der Waals surface area contributed by atoms with E-state index in [0.29, 0.717) is 13.0 Å². The van der Waals surface area contributed by atoms with Gasteiger partial charge in [-0.15, -0.1) is 0 Å².